The molecular formula is C9H13F2N3O10P2. The zero-order valence-electron chi connectivity index (χ0n) is 12.5. The molecule has 0 spiro atoms. The summed E-state index contributed by atoms with van der Waals surface area (Å²) in [6.45, 7) is -1.21. The Morgan fingerprint density at radius 2 is 2.00 bits per heavy atom. The van der Waals surface area contributed by atoms with E-state index >= 15 is 0 Å². The van der Waals surface area contributed by atoms with Crippen molar-refractivity contribution in [2.45, 2.75) is 24.4 Å². The van der Waals surface area contributed by atoms with Crippen molar-refractivity contribution in [1.82, 2.24) is 9.55 Å². The van der Waals surface area contributed by atoms with Gasteiger partial charge in [-0.05, 0) is 6.07 Å². The van der Waals surface area contributed by atoms with Crippen molar-refractivity contribution in [3.05, 3.63) is 22.7 Å². The summed E-state index contributed by atoms with van der Waals surface area (Å²) in [5.41, 5.74) is 4.03. The predicted molar refractivity (Wildman–Crippen MR) is 76.7 cm³/mol. The third-order valence-corrected chi connectivity index (χ3v) is 5.25. The van der Waals surface area contributed by atoms with Gasteiger partial charge in [-0.25, -0.2) is 13.9 Å². The van der Waals surface area contributed by atoms with Crippen LogP contribution in [0.5, 0.6) is 0 Å². The van der Waals surface area contributed by atoms with Crippen LogP contribution in [0.15, 0.2) is 17.1 Å². The lowest BCUT2D eigenvalue weighted by molar-refractivity contribution is -0.140. The number of ether oxygens (including phenoxy) is 1. The summed E-state index contributed by atoms with van der Waals surface area (Å²) in [4.78, 5) is 40.9. The second kappa shape index (κ2) is 7.03. The van der Waals surface area contributed by atoms with Crippen LogP contribution in [0.3, 0.4) is 0 Å². The lowest BCUT2D eigenvalue weighted by atomic mass is 10.1. The highest BCUT2D eigenvalue weighted by atomic mass is 31.3. The summed E-state index contributed by atoms with van der Waals surface area (Å²) in [7, 11) is -10.8. The first kappa shape index (κ1) is 21.0. The van der Waals surface area contributed by atoms with E-state index in [0.29, 0.717) is 4.57 Å². The molecule has 1 aromatic heterocycles. The molecular weight excluding hydrogens is 410 g/mol. The lowest BCUT2D eigenvalue weighted by Crippen LogP contribution is -2.41. The average Bonchev–Trinajstić information content (AvgIpc) is 2.66. The minimum atomic E-state index is -5.42. The molecule has 1 saturated heterocycles. The van der Waals surface area contributed by atoms with Crippen molar-refractivity contribution < 1.29 is 51.3 Å². The molecule has 0 radical (unpaired) electrons. The Morgan fingerprint density at radius 1 is 1.38 bits per heavy atom. The third-order valence-electron chi connectivity index (χ3n) is 3.10. The molecule has 26 heavy (non-hydrogen) atoms. The molecule has 17 heteroatoms. The quantitative estimate of drug-likeness (QED) is 0.348. The van der Waals surface area contributed by atoms with Gasteiger partial charge in [0.2, 0.25) is 6.23 Å². The summed E-state index contributed by atoms with van der Waals surface area (Å²) in [5.74, 6) is -4.29. The average molecular weight is 423 g/mol. The normalized spacial score (nSPS) is 28.0. The van der Waals surface area contributed by atoms with Crippen LogP contribution in [-0.2, 0) is 22.7 Å². The van der Waals surface area contributed by atoms with Gasteiger partial charge in [0.05, 0.1) is 6.61 Å². The van der Waals surface area contributed by atoms with Crippen LogP contribution in [0.25, 0.3) is 0 Å². The molecule has 2 heterocycles. The second-order valence-corrected chi connectivity index (χ2v) is 7.85. The SMILES string of the molecule is Nc1ccn([C@@H]2O[C@H](COP(=O)(O)OP(=O)(O)O)[C@@H](O)C2(F)F)c(=O)n1. The smallest absolute Gasteiger partial charge is 0.384 e. The van der Waals surface area contributed by atoms with Gasteiger partial charge in [0.25, 0.3) is 0 Å². The number of nitrogen functional groups attached to an aromatic ring is 1. The molecule has 1 unspecified atom stereocenters. The van der Waals surface area contributed by atoms with E-state index in [4.69, 9.17) is 25.2 Å². The maximum Gasteiger partial charge on any atom is 0.481 e. The Balaban J connectivity index is 2.17. The largest absolute Gasteiger partial charge is 0.481 e. The molecule has 1 fully saturated rings. The number of nitrogens with two attached hydrogens (primary N) is 1. The molecule has 4 atom stereocenters. The first-order valence-electron chi connectivity index (χ1n) is 6.53. The minimum absolute atomic E-state index is 0.246. The monoisotopic (exact) mass is 423 g/mol. The Bertz CT molecular complexity index is 828. The number of alkyl halides is 2. The van der Waals surface area contributed by atoms with Crippen LogP contribution in [0.4, 0.5) is 14.6 Å². The molecule has 0 saturated carbocycles. The van der Waals surface area contributed by atoms with Crippen molar-refractivity contribution in [1.29, 1.82) is 0 Å². The summed E-state index contributed by atoms with van der Waals surface area (Å²) in [6.07, 6.45) is -6.03. The number of phosphoric ester groups is 1. The van der Waals surface area contributed by atoms with Gasteiger partial charge in [0.15, 0.2) is 6.10 Å². The van der Waals surface area contributed by atoms with Crippen LogP contribution in [0.2, 0.25) is 0 Å². The maximum absolute atomic E-state index is 14.2. The highest BCUT2D eigenvalue weighted by molar-refractivity contribution is 7.60. The fourth-order valence-corrected chi connectivity index (χ4v) is 3.64. The summed E-state index contributed by atoms with van der Waals surface area (Å²) < 4.78 is 62.9. The Morgan fingerprint density at radius 3 is 2.54 bits per heavy atom. The molecule has 13 nitrogen and oxygen atoms in total. The number of nitrogens with zero attached hydrogens (tertiary/aromatic N) is 2. The van der Waals surface area contributed by atoms with E-state index in [1.54, 1.807) is 0 Å². The van der Waals surface area contributed by atoms with Crippen molar-refractivity contribution in [3.8, 4) is 0 Å². The molecule has 0 aromatic carbocycles. The number of aliphatic hydroxyl groups is 1. The molecule has 1 aromatic rings. The van der Waals surface area contributed by atoms with Gasteiger partial charge in [-0.2, -0.15) is 18.1 Å². The summed E-state index contributed by atoms with van der Waals surface area (Å²) >= 11 is 0. The van der Waals surface area contributed by atoms with Crippen LogP contribution in [0.1, 0.15) is 6.23 Å². The highest BCUT2D eigenvalue weighted by Crippen LogP contribution is 2.58. The maximum atomic E-state index is 14.2. The van der Waals surface area contributed by atoms with Gasteiger partial charge in [0, 0.05) is 6.20 Å². The molecule has 148 valence electrons. The van der Waals surface area contributed by atoms with E-state index in [9.17, 15) is 27.8 Å². The Labute approximate surface area is 142 Å². The zero-order valence-corrected chi connectivity index (χ0v) is 14.2. The first-order chi connectivity index (χ1) is 11.7. The standard InChI is InChI=1S/C9H13F2N3O10P2/c10-9(11)6(15)4(3-22-26(20,21)24-25(17,18)19)23-7(9)14-2-1-5(12)13-8(14)16/h1-2,4,6-7,15H,3H2,(H,20,21)(H2,12,13,16)(H2,17,18,19)/t4-,6-,7-/m1/s1. The van der Waals surface area contributed by atoms with Gasteiger partial charge in [-0.3, -0.25) is 9.09 Å². The van der Waals surface area contributed by atoms with Crippen molar-refractivity contribution in [2.75, 3.05) is 12.3 Å². The van der Waals surface area contributed by atoms with E-state index in [1.165, 1.54) is 0 Å². The van der Waals surface area contributed by atoms with E-state index in [-0.39, 0.29) is 5.82 Å². The number of halogens is 2. The van der Waals surface area contributed by atoms with E-state index in [1.807, 2.05) is 0 Å². The molecule has 1 aliphatic heterocycles. The van der Waals surface area contributed by atoms with E-state index < -0.39 is 52.3 Å². The number of hydrogen-bond donors (Lipinski definition) is 5. The molecule has 0 bridgehead atoms. The highest BCUT2D eigenvalue weighted by Gasteiger charge is 2.60. The molecule has 6 N–H and O–H groups in total. The zero-order chi connectivity index (χ0) is 19.9. The predicted octanol–water partition coefficient (Wildman–Crippen LogP) is -1.05. The Kier molecular flexibility index (Phi) is 5.69. The number of rotatable bonds is 6. The lowest BCUT2D eigenvalue weighted by Gasteiger charge is -2.20. The van der Waals surface area contributed by atoms with Gasteiger partial charge >= 0.3 is 27.3 Å². The molecule has 0 aliphatic carbocycles. The minimum Gasteiger partial charge on any atom is -0.384 e. The topological polar surface area (TPSA) is 204 Å². The van der Waals surface area contributed by atoms with Crippen molar-refractivity contribution in [3.63, 3.8) is 0 Å². The van der Waals surface area contributed by atoms with E-state index in [0.717, 1.165) is 12.3 Å². The number of aliphatic hydroxyl groups excluding tert-OH is 1. The fourth-order valence-electron chi connectivity index (χ4n) is 2.04. The molecule has 1 aliphatic rings. The molecule has 0 amide bonds. The van der Waals surface area contributed by atoms with Crippen LogP contribution < -0.4 is 11.4 Å². The van der Waals surface area contributed by atoms with Crippen LogP contribution in [0, 0.1) is 0 Å². The summed E-state index contributed by atoms with van der Waals surface area (Å²) in [5, 5.41) is 9.64. The number of phosphoric acid groups is 2. The van der Waals surface area contributed by atoms with Crippen LogP contribution in [-0.4, -0.2) is 54.1 Å². The van der Waals surface area contributed by atoms with Crippen molar-refractivity contribution in [2.24, 2.45) is 0 Å². The van der Waals surface area contributed by atoms with Gasteiger partial charge < -0.3 is 30.3 Å². The number of hydrogen-bond acceptors (Lipinski definition) is 9. The van der Waals surface area contributed by atoms with Crippen molar-refractivity contribution >= 4 is 21.5 Å². The molecule has 2 rings (SSSR count). The van der Waals surface area contributed by atoms with Gasteiger partial charge in [-0.15, -0.1) is 0 Å². The fraction of sp³-hybridized carbons (Fsp3) is 0.556. The van der Waals surface area contributed by atoms with Gasteiger partial charge in [0.1, 0.15) is 11.9 Å². The third kappa shape index (κ3) is 4.71. The second-order valence-electron chi connectivity index (χ2n) is 5.03. The number of aromatic nitrogens is 2. The first-order valence-corrected chi connectivity index (χ1v) is 9.56. The van der Waals surface area contributed by atoms with E-state index in [2.05, 4.69) is 13.8 Å². The van der Waals surface area contributed by atoms with Crippen LogP contribution >= 0.6 is 15.6 Å². The number of anilines is 1. The Hall–Kier alpha value is -1.28. The summed E-state index contributed by atoms with van der Waals surface area (Å²) in [6, 6.07) is 1.02. The van der Waals surface area contributed by atoms with Gasteiger partial charge in [-0.1, -0.05) is 0 Å².